The average molecular weight is 428 g/mol. The molecule has 0 atom stereocenters. The molecule has 162 valence electrons. The first-order chi connectivity index (χ1) is 15.4. The van der Waals surface area contributed by atoms with Crippen LogP contribution in [0.2, 0.25) is 0 Å². The number of pyridine rings is 1. The monoisotopic (exact) mass is 428 g/mol. The number of nitrogens with zero attached hydrogens (tertiary/aromatic N) is 3. The third-order valence-electron chi connectivity index (χ3n) is 5.61. The Bertz CT molecular complexity index is 1200. The highest BCUT2D eigenvalue weighted by molar-refractivity contribution is 6.34. The second-order valence-electron chi connectivity index (χ2n) is 7.52. The molecule has 0 bridgehead atoms. The van der Waals surface area contributed by atoms with E-state index in [4.69, 9.17) is 0 Å². The minimum absolute atomic E-state index is 0.196. The van der Waals surface area contributed by atoms with Crippen molar-refractivity contribution < 1.29 is 14.4 Å². The van der Waals surface area contributed by atoms with Gasteiger partial charge in [0.25, 0.3) is 17.7 Å². The summed E-state index contributed by atoms with van der Waals surface area (Å²) in [6.45, 7) is 7.95. The fourth-order valence-electron chi connectivity index (χ4n) is 3.84. The number of fused-ring (bicyclic) bond motifs is 1. The molecule has 3 amide bonds. The third kappa shape index (κ3) is 3.73. The summed E-state index contributed by atoms with van der Waals surface area (Å²) in [5.41, 5.74) is 3.50. The number of hydrogen-bond acceptors (Lipinski definition) is 5. The molecule has 2 heterocycles. The van der Waals surface area contributed by atoms with E-state index in [1.165, 1.54) is 18.3 Å². The first kappa shape index (κ1) is 21.2. The molecule has 7 nitrogen and oxygen atoms in total. The van der Waals surface area contributed by atoms with E-state index in [1.54, 1.807) is 24.3 Å². The molecule has 0 saturated heterocycles. The summed E-state index contributed by atoms with van der Waals surface area (Å²) in [6.07, 6.45) is 1.52. The van der Waals surface area contributed by atoms with Crippen molar-refractivity contribution in [2.75, 3.05) is 28.2 Å². The molecule has 0 spiro atoms. The first-order valence-corrected chi connectivity index (χ1v) is 10.6. The number of carbonyl (C=O) groups is 3. The Hall–Kier alpha value is -4.00. The Morgan fingerprint density at radius 2 is 1.72 bits per heavy atom. The highest BCUT2D eigenvalue weighted by Crippen LogP contribution is 2.28. The Morgan fingerprint density at radius 3 is 2.38 bits per heavy atom. The number of amides is 3. The van der Waals surface area contributed by atoms with Crippen LogP contribution in [-0.4, -0.2) is 35.8 Å². The van der Waals surface area contributed by atoms with Crippen LogP contribution >= 0.6 is 0 Å². The van der Waals surface area contributed by atoms with Gasteiger partial charge in [-0.05, 0) is 74.9 Å². The van der Waals surface area contributed by atoms with Crippen molar-refractivity contribution in [1.82, 2.24) is 4.98 Å². The van der Waals surface area contributed by atoms with E-state index < -0.39 is 11.8 Å². The van der Waals surface area contributed by atoms with Crippen molar-refractivity contribution in [1.29, 1.82) is 0 Å². The number of imide groups is 1. The van der Waals surface area contributed by atoms with Crippen molar-refractivity contribution in [2.45, 2.75) is 20.8 Å². The maximum Gasteiger partial charge on any atom is 0.267 e. The fraction of sp³-hybridized carbons (Fsp3) is 0.200. The van der Waals surface area contributed by atoms with Crippen LogP contribution in [0.5, 0.6) is 0 Å². The molecule has 0 unspecified atom stereocenters. The third-order valence-corrected chi connectivity index (χ3v) is 5.61. The summed E-state index contributed by atoms with van der Waals surface area (Å²) in [4.78, 5) is 45.9. The minimum Gasteiger partial charge on any atom is -0.372 e. The predicted molar refractivity (Wildman–Crippen MR) is 125 cm³/mol. The molecule has 1 aliphatic rings. The van der Waals surface area contributed by atoms with Crippen molar-refractivity contribution in [2.24, 2.45) is 0 Å². The smallest absolute Gasteiger partial charge is 0.267 e. The number of nitrogens with one attached hydrogen (secondary N) is 1. The number of hydrogen-bond donors (Lipinski definition) is 1. The van der Waals surface area contributed by atoms with E-state index in [-0.39, 0.29) is 22.9 Å². The van der Waals surface area contributed by atoms with Crippen LogP contribution < -0.4 is 15.1 Å². The minimum atomic E-state index is -0.488. The van der Waals surface area contributed by atoms with Crippen LogP contribution in [0, 0.1) is 6.92 Å². The molecule has 0 radical (unpaired) electrons. The lowest BCUT2D eigenvalue weighted by molar-refractivity contribution is 0.0924. The number of anilines is 3. The molecule has 4 rings (SSSR count). The molecule has 1 aromatic heterocycles. The molecule has 1 aliphatic heterocycles. The fourth-order valence-corrected chi connectivity index (χ4v) is 3.84. The molecule has 2 aromatic carbocycles. The van der Waals surface area contributed by atoms with Gasteiger partial charge in [-0.1, -0.05) is 6.07 Å². The second-order valence-corrected chi connectivity index (χ2v) is 7.52. The van der Waals surface area contributed by atoms with Crippen LogP contribution in [-0.2, 0) is 0 Å². The van der Waals surface area contributed by atoms with Crippen LogP contribution in [0.4, 0.5) is 17.2 Å². The van der Waals surface area contributed by atoms with Gasteiger partial charge in [-0.25, -0.2) is 9.88 Å². The van der Waals surface area contributed by atoms with E-state index >= 15 is 0 Å². The van der Waals surface area contributed by atoms with Crippen LogP contribution in [0.25, 0.3) is 0 Å². The van der Waals surface area contributed by atoms with Gasteiger partial charge in [0.2, 0.25) is 0 Å². The zero-order valence-corrected chi connectivity index (χ0v) is 18.3. The molecular formula is C25H24N4O3. The van der Waals surface area contributed by atoms with Gasteiger partial charge in [-0.2, -0.15) is 0 Å². The van der Waals surface area contributed by atoms with Crippen LogP contribution in [0.1, 0.15) is 50.5 Å². The first-order valence-electron chi connectivity index (χ1n) is 10.6. The number of rotatable bonds is 6. The van der Waals surface area contributed by atoms with Crippen molar-refractivity contribution in [3.8, 4) is 0 Å². The number of carbonyl (C=O) groups excluding carboxylic acids is 3. The zero-order valence-electron chi connectivity index (χ0n) is 18.3. The summed E-state index contributed by atoms with van der Waals surface area (Å²) in [5, 5.41) is 2.91. The van der Waals surface area contributed by atoms with Crippen molar-refractivity contribution in [3.63, 3.8) is 0 Å². The lowest BCUT2D eigenvalue weighted by Gasteiger charge is -2.22. The predicted octanol–water partition coefficient (Wildman–Crippen LogP) is 4.29. The largest absolute Gasteiger partial charge is 0.372 e. The molecule has 0 fully saturated rings. The van der Waals surface area contributed by atoms with Gasteiger partial charge in [-0.15, -0.1) is 0 Å². The summed E-state index contributed by atoms with van der Waals surface area (Å²) in [7, 11) is 0. The topological polar surface area (TPSA) is 82.6 Å². The van der Waals surface area contributed by atoms with E-state index in [0.29, 0.717) is 11.3 Å². The highest BCUT2D eigenvalue weighted by atomic mass is 16.2. The highest BCUT2D eigenvalue weighted by Gasteiger charge is 2.37. The summed E-state index contributed by atoms with van der Waals surface area (Å²) >= 11 is 0. The molecule has 0 saturated carbocycles. The van der Waals surface area contributed by atoms with Crippen LogP contribution in [0.3, 0.4) is 0 Å². The maximum atomic E-state index is 12.9. The number of aryl methyl sites for hydroxylation is 1. The lowest BCUT2D eigenvalue weighted by Crippen LogP contribution is -2.30. The van der Waals surface area contributed by atoms with E-state index in [9.17, 15) is 14.4 Å². The Balaban J connectivity index is 1.57. The Labute approximate surface area is 186 Å². The van der Waals surface area contributed by atoms with Gasteiger partial charge >= 0.3 is 0 Å². The second kappa shape index (κ2) is 8.63. The van der Waals surface area contributed by atoms with E-state index in [0.717, 1.165) is 29.2 Å². The number of benzene rings is 2. The van der Waals surface area contributed by atoms with E-state index in [2.05, 4.69) is 29.0 Å². The normalized spacial score (nSPS) is 12.7. The lowest BCUT2D eigenvalue weighted by atomic mass is 10.0. The number of aromatic nitrogens is 1. The van der Waals surface area contributed by atoms with E-state index in [1.807, 2.05) is 25.1 Å². The molecule has 7 heteroatoms. The van der Waals surface area contributed by atoms with Gasteiger partial charge in [0, 0.05) is 36.2 Å². The molecule has 1 N–H and O–H groups in total. The summed E-state index contributed by atoms with van der Waals surface area (Å²) in [6, 6.07) is 15.5. The Kier molecular flexibility index (Phi) is 5.73. The van der Waals surface area contributed by atoms with Gasteiger partial charge in [-0.3, -0.25) is 14.4 Å². The van der Waals surface area contributed by atoms with Gasteiger partial charge in [0.15, 0.2) is 0 Å². The summed E-state index contributed by atoms with van der Waals surface area (Å²) in [5.74, 6) is -1.02. The quantitative estimate of drug-likeness (QED) is 0.592. The molecule has 0 aliphatic carbocycles. The SMILES string of the molecule is CCN(CC)c1ccc(NC(=O)c2ccc3c(c2)C(=O)N(c2ccccn2)C3=O)c(C)c1. The zero-order chi connectivity index (χ0) is 22.8. The van der Waals surface area contributed by atoms with Crippen molar-refractivity contribution in [3.05, 3.63) is 83.0 Å². The molecular weight excluding hydrogens is 404 g/mol. The maximum absolute atomic E-state index is 12.9. The van der Waals surface area contributed by atoms with Gasteiger partial charge in [0.1, 0.15) is 5.82 Å². The average Bonchev–Trinajstić information content (AvgIpc) is 3.06. The molecule has 3 aromatic rings. The van der Waals surface area contributed by atoms with Gasteiger partial charge < -0.3 is 10.2 Å². The molecule has 32 heavy (non-hydrogen) atoms. The standard InChI is InChI=1S/C25H24N4O3/c1-4-28(5-2)18-10-12-21(16(3)14-18)27-23(30)17-9-11-19-20(15-17)25(32)29(24(19)31)22-8-6-7-13-26-22/h6-15H,4-5H2,1-3H3,(H,27,30). The van der Waals surface area contributed by atoms with Gasteiger partial charge in [0.05, 0.1) is 11.1 Å². The summed E-state index contributed by atoms with van der Waals surface area (Å²) < 4.78 is 0. The Morgan fingerprint density at radius 1 is 0.969 bits per heavy atom. The van der Waals surface area contributed by atoms with Crippen molar-refractivity contribution >= 4 is 34.9 Å². The van der Waals surface area contributed by atoms with Crippen LogP contribution in [0.15, 0.2) is 60.8 Å².